The van der Waals surface area contributed by atoms with Crippen LogP contribution >= 0.6 is 15.9 Å². The lowest BCUT2D eigenvalue weighted by Gasteiger charge is -2.31. The van der Waals surface area contributed by atoms with Crippen molar-refractivity contribution in [2.24, 2.45) is 11.7 Å². The maximum Gasteiger partial charge on any atom is 0.240 e. The molecule has 20 heavy (non-hydrogen) atoms. The van der Waals surface area contributed by atoms with Crippen LogP contribution in [-0.2, 0) is 10.0 Å². The fourth-order valence-electron chi connectivity index (χ4n) is 2.65. The summed E-state index contributed by atoms with van der Waals surface area (Å²) in [6, 6.07) is 5.06. The highest BCUT2D eigenvalue weighted by Gasteiger charge is 2.28. The van der Waals surface area contributed by atoms with Crippen LogP contribution in [0.4, 0.5) is 0 Å². The lowest BCUT2D eigenvalue weighted by Crippen LogP contribution is -2.44. The molecule has 0 amide bonds. The van der Waals surface area contributed by atoms with Crippen molar-refractivity contribution >= 4 is 26.0 Å². The van der Waals surface area contributed by atoms with Crippen LogP contribution in [0.15, 0.2) is 27.6 Å². The summed E-state index contributed by atoms with van der Waals surface area (Å²) in [6.45, 7) is 2.46. The molecule has 0 saturated heterocycles. The number of nitrogens with one attached hydrogen (secondary N) is 1. The Morgan fingerprint density at radius 1 is 1.35 bits per heavy atom. The second-order valence-corrected chi connectivity index (χ2v) is 7.99. The van der Waals surface area contributed by atoms with E-state index in [9.17, 15) is 8.42 Å². The summed E-state index contributed by atoms with van der Waals surface area (Å²) in [5.74, 6) is 0.243. The normalized spacial score (nSPS) is 23.8. The first-order chi connectivity index (χ1) is 9.44. The number of sulfonamides is 1. The first-order valence-corrected chi connectivity index (χ1v) is 9.20. The van der Waals surface area contributed by atoms with Gasteiger partial charge in [0.1, 0.15) is 0 Å². The minimum absolute atomic E-state index is 0.0428. The summed E-state index contributed by atoms with van der Waals surface area (Å²) in [4.78, 5) is 0.302. The molecule has 2 atom stereocenters. The van der Waals surface area contributed by atoms with Gasteiger partial charge in [-0.2, -0.15) is 0 Å². The summed E-state index contributed by atoms with van der Waals surface area (Å²) in [7, 11) is -3.48. The maximum atomic E-state index is 12.5. The van der Waals surface area contributed by atoms with Gasteiger partial charge in [0, 0.05) is 10.5 Å². The Kier molecular flexibility index (Phi) is 5.23. The van der Waals surface area contributed by atoms with Gasteiger partial charge < -0.3 is 5.73 Å². The van der Waals surface area contributed by atoms with E-state index in [0.717, 1.165) is 35.7 Å². The SMILES string of the molecule is Cc1ccc(S(=O)(=O)NC2CCCCC2CN)cc1Br. The summed E-state index contributed by atoms with van der Waals surface area (Å²) in [5, 5.41) is 0. The van der Waals surface area contributed by atoms with E-state index in [0.29, 0.717) is 11.4 Å². The Morgan fingerprint density at radius 3 is 2.70 bits per heavy atom. The molecule has 1 aromatic carbocycles. The summed E-state index contributed by atoms with van der Waals surface area (Å²) in [5.41, 5.74) is 6.77. The van der Waals surface area contributed by atoms with E-state index in [1.807, 2.05) is 6.92 Å². The van der Waals surface area contributed by atoms with Gasteiger partial charge in [-0.15, -0.1) is 0 Å². The molecule has 1 saturated carbocycles. The van der Waals surface area contributed by atoms with E-state index >= 15 is 0 Å². The zero-order valence-electron chi connectivity index (χ0n) is 11.6. The maximum absolute atomic E-state index is 12.5. The van der Waals surface area contributed by atoms with Crippen LogP contribution in [0.2, 0.25) is 0 Å². The minimum Gasteiger partial charge on any atom is -0.330 e. The highest BCUT2D eigenvalue weighted by atomic mass is 79.9. The zero-order valence-corrected chi connectivity index (χ0v) is 14.0. The van der Waals surface area contributed by atoms with E-state index in [1.54, 1.807) is 18.2 Å². The molecule has 1 aromatic rings. The Hall–Kier alpha value is -0.430. The van der Waals surface area contributed by atoms with Crippen LogP contribution in [0.25, 0.3) is 0 Å². The van der Waals surface area contributed by atoms with E-state index < -0.39 is 10.0 Å². The highest BCUT2D eigenvalue weighted by Crippen LogP contribution is 2.26. The Balaban J connectivity index is 2.19. The Bertz CT molecular complexity index is 575. The third-order valence-electron chi connectivity index (χ3n) is 3.97. The quantitative estimate of drug-likeness (QED) is 0.866. The molecule has 3 N–H and O–H groups in total. The molecule has 0 aliphatic heterocycles. The average molecular weight is 361 g/mol. The van der Waals surface area contributed by atoms with Crippen LogP contribution in [0.3, 0.4) is 0 Å². The molecule has 1 aliphatic rings. The van der Waals surface area contributed by atoms with Gasteiger partial charge in [-0.05, 0) is 49.9 Å². The average Bonchev–Trinajstić information content (AvgIpc) is 2.42. The molecule has 2 rings (SSSR count). The lowest BCUT2D eigenvalue weighted by molar-refractivity contribution is 0.296. The molecule has 0 spiro atoms. The number of rotatable bonds is 4. The Morgan fingerprint density at radius 2 is 2.05 bits per heavy atom. The first-order valence-electron chi connectivity index (χ1n) is 6.92. The van der Waals surface area contributed by atoms with E-state index in [4.69, 9.17) is 5.73 Å². The van der Waals surface area contributed by atoms with Gasteiger partial charge in [0.15, 0.2) is 0 Å². The molecule has 1 aliphatic carbocycles. The minimum atomic E-state index is -3.48. The van der Waals surface area contributed by atoms with Crippen molar-refractivity contribution in [2.45, 2.75) is 43.5 Å². The van der Waals surface area contributed by atoms with Crippen molar-refractivity contribution in [2.75, 3.05) is 6.54 Å². The van der Waals surface area contributed by atoms with E-state index in [-0.39, 0.29) is 12.0 Å². The molecule has 6 heteroatoms. The fraction of sp³-hybridized carbons (Fsp3) is 0.571. The molecule has 112 valence electrons. The van der Waals surface area contributed by atoms with Crippen molar-refractivity contribution in [3.05, 3.63) is 28.2 Å². The largest absolute Gasteiger partial charge is 0.330 e. The van der Waals surface area contributed by atoms with Crippen molar-refractivity contribution in [3.8, 4) is 0 Å². The van der Waals surface area contributed by atoms with Gasteiger partial charge in [-0.3, -0.25) is 0 Å². The topological polar surface area (TPSA) is 72.2 Å². The summed E-state index contributed by atoms with van der Waals surface area (Å²) >= 11 is 3.38. The molecule has 4 nitrogen and oxygen atoms in total. The standard InChI is InChI=1S/C14H21BrN2O2S/c1-10-6-7-12(8-13(10)15)20(18,19)17-14-5-3-2-4-11(14)9-16/h6-8,11,14,17H,2-5,9,16H2,1H3. The van der Waals surface area contributed by atoms with Crippen LogP contribution in [0.1, 0.15) is 31.2 Å². The molecule has 0 bridgehead atoms. The second kappa shape index (κ2) is 6.56. The zero-order chi connectivity index (χ0) is 14.8. The third kappa shape index (κ3) is 3.61. The summed E-state index contributed by atoms with van der Waals surface area (Å²) in [6.07, 6.45) is 4.06. The van der Waals surface area contributed by atoms with Gasteiger partial charge in [-0.1, -0.05) is 34.8 Å². The Labute approximate surface area is 129 Å². The number of benzene rings is 1. The van der Waals surface area contributed by atoms with Crippen molar-refractivity contribution in [1.82, 2.24) is 4.72 Å². The van der Waals surface area contributed by atoms with Crippen LogP contribution in [0.5, 0.6) is 0 Å². The van der Waals surface area contributed by atoms with Crippen LogP contribution in [0, 0.1) is 12.8 Å². The van der Waals surface area contributed by atoms with E-state index in [1.165, 1.54) is 0 Å². The van der Waals surface area contributed by atoms with Gasteiger partial charge in [0.05, 0.1) is 4.90 Å². The summed E-state index contributed by atoms with van der Waals surface area (Å²) < 4.78 is 28.5. The smallest absolute Gasteiger partial charge is 0.240 e. The van der Waals surface area contributed by atoms with Crippen LogP contribution in [-0.4, -0.2) is 21.0 Å². The highest BCUT2D eigenvalue weighted by molar-refractivity contribution is 9.10. The first kappa shape index (κ1) is 15.9. The van der Waals surface area contributed by atoms with Crippen molar-refractivity contribution in [1.29, 1.82) is 0 Å². The van der Waals surface area contributed by atoms with Crippen LogP contribution < -0.4 is 10.5 Å². The number of hydrogen-bond donors (Lipinski definition) is 2. The fourth-order valence-corrected chi connectivity index (χ4v) is 4.55. The molecule has 2 unspecified atom stereocenters. The molecule has 0 aromatic heterocycles. The second-order valence-electron chi connectivity index (χ2n) is 5.42. The third-order valence-corrected chi connectivity index (χ3v) is 6.31. The molecule has 1 fully saturated rings. The number of hydrogen-bond acceptors (Lipinski definition) is 3. The molecule has 0 radical (unpaired) electrons. The van der Waals surface area contributed by atoms with Gasteiger partial charge in [0.2, 0.25) is 10.0 Å². The lowest BCUT2D eigenvalue weighted by atomic mass is 9.85. The predicted octanol–water partition coefficient (Wildman–Crippen LogP) is 2.55. The number of halogens is 1. The molecular weight excluding hydrogens is 340 g/mol. The van der Waals surface area contributed by atoms with Crippen molar-refractivity contribution in [3.63, 3.8) is 0 Å². The molecular formula is C14H21BrN2O2S. The molecule has 0 heterocycles. The predicted molar refractivity (Wildman–Crippen MR) is 84.0 cm³/mol. The monoisotopic (exact) mass is 360 g/mol. The number of nitrogens with two attached hydrogens (primary N) is 1. The van der Waals surface area contributed by atoms with Gasteiger partial charge in [-0.25, -0.2) is 13.1 Å². The van der Waals surface area contributed by atoms with Crippen molar-refractivity contribution < 1.29 is 8.42 Å². The van der Waals surface area contributed by atoms with Gasteiger partial charge in [0.25, 0.3) is 0 Å². The van der Waals surface area contributed by atoms with E-state index in [2.05, 4.69) is 20.7 Å². The van der Waals surface area contributed by atoms with Gasteiger partial charge >= 0.3 is 0 Å². The number of aryl methyl sites for hydroxylation is 1.